The van der Waals surface area contributed by atoms with Crippen LogP contribution in [0.4, 0.5) is 11.4 Å². The number of nitrogens with zero attached hydrogens (tertiary/aromatic N) is 2. The molecule has 0 spiro atoms. The molecule has 1 N–H and O–H groups in total. The van der Waals surface area contributed by atoms with E-state index in [4.69, 9.17) is 0 Å². The summed E-state index contributed by atoms with van der Waals surface area (Å²) in [5.41, 5.74) is 2.81. The monoisotopic (exact) mass is 287 g/mol. The van der Waals surface area contributed by atoms with Gasteiger partial charge < -0.3 is 15.1 Å². The Labute approximate surface area is 129 Å². The number of hydrogen-bond acceptors (Lipinski definition) is 3. The van der Waals surface area contributed by atoms with Gasteiger partial charge in [-0.1, -0.05) is 25.5 Å². The molecule has 2 aliphatic rings. The molecule has 2 atom stereocenters. The van der Waals surface area contributed by atoms with Crippen LogP contribution in [0.5, 0.6) is 0 Å². The molecule has 1 saturated carbocycles. The number of likely N-dealkylation sites (N-methyl/N-ethyl adjacent to an activating group) is 1. The standard InChI is InChI=1S/C18H29N3/c1-3-11-19-16-8-6-7-15(16)14-21-13-12-20(2)17-9-4-5-10-18(17)21/h4-5,9-10,15-16,19H,3,6-8,11-14H2,1-2H3. The molecular weight excluding hydrogens is 258 g/mol. The average Bonchev–Trinajstić information content (AvgIpc) is 2.95. The van der Waals surface area contributed by atoms with Crippen LogP contribution in [0.1, 0.15) is 32.6 Å². The van der Waals surface area contributed by atoms with Crippen molar-refractivity contribution < 1.29 is 0 Å². The van der Waals surface area contributed by atoms with Crippen LogP contribution in [0.25, 0.3) is 0 Å². The highest BCUT2D eigenvalue weighted by Crippen LogP contribution is 2.34. The summed E-state index contributed by atoms with van der Waals surface area (Å²) in [5.74, 6) is 0.813. The van der Waals surface area contributed by atoms with E-state index in [0.717, 1.165) is 25.0 Å². The Bertz CT molecular complexity index is 460. The highest BCUT2D eigenvalue weighted by atomic mass is 15.3. The van der Waals surface area contributed by atoms with Crippen LogP contribution in [0, 0.1) is 5.92 Å². The van der Waals surface area contributed by atoms with Crippen molar-refractivity contribution in [2.45, 2.75) is 38.6 Å². The van der Waals surface area contributed by atoms with Crippen molar-refractivity contribution in [1.82, 2.24) is 5.32 Å². The molecule has 3 heteroatoms. The summed E-state index contributed by atoms with van der Waals surface area (Å²) in [5, 5.41) is 3.77. The highest BCUT2D eigenvalue weighted by Gasteiger charge is 2.30. The molecule has 1 heterocycles. The zero-order chi connectivity index (χ0) is 14.7. The van der Waals surface area contributed by atoms with E-state index in [2.05, 4.69) is 53.4 Å². The molecule has 0 aromatic heterocycles. The Hall–Kier alpha value is -1.22. The van der Waals surface area contributed by atoms with Crippen molar-refractivity contribution in [2.75, 3.05) is 43.0 Å². The Morgan fingerprint density at radius 2 is 1.95 bits per heavy atom. The first-order chi connectivity index (χ1) is 10.3. The fourth-order valence-electron chi connectivity index (χ4n) is 3.89. The van der Waals surface area contributed by atoms with E-state index in [1.165, 1.54) is 50.1 Å². The highest BCUT2D eigenvalue weighted by molar-refractivity contribution is 5.73. The second kappa shape index (κ2) is 6.69. The zero-order valence-electron chi connectivity index (χ0n) is 13.5. The second-order valence-electron chi connectivity index (χ2n) is 6.61. The number of benzene rings is 1. The number of para-hydroxylation sites is 2. The Balaban J connectivity index is 1.69. The summed E-state index contributed by atoms with van der Waals surface area (Å²) in [6, 6.07) is 9.60. The lowest BCUT2D eigenvalue weighted by molar-refractivity contribution is 0.398. The van der Waals surface area contributed by atoms with Crippen LogP contribution >= 0.6 is 0 Å². The third-order valence-electron chi connectivity index (χ3n) is 5.11. The molecule has 3 rings (SSSR count). The van der Waals surface area contributed by atoms with Gasteiger partial charge in [-0.05, 0) is 43.9 Å². The van der Waals surface area contributed by atoms with E-state index >= 15 is 0 Å². The topological polar surface area (TPSA) is 18.5 Å². The summed E-state index contributed by atoms with van der Waals surface area (Å²) in [6.07, 6.45) is 5.37. The lowest BCUT2D eigenvalue weighted by atomic mass is 10.0. The van der Waals surface area contributed by atoms with Gasteiger partial charge in [0.1, 0.15) is 0 Å². The van der Waals surface area contributed by atoms with Crippen molar-refractivity contribution in [1.29, 1.82) is 0 Å². The molecular formula is C18H29N3. The van der Waals surface area contributed by atoms with Crippen LogP contribution in [-0.4, -0.2) is 39.3 Å². The molecule has 0 bridgehead atoms. The first-order valence-electron chi connectivity index (χ1n) is 8.58. The minimum Gasteiger partial charge on any atom is -0.371 e. The van der Waals surface area contributed by atoms with Crippen molar-refractivity contribution in [3.05, 3.63) is 24.3 Å². The number of rotatable bonds is 5. The lowest BCUT2D eigenvalue weighted by Gasteiger charge is -2.39. The van der Waals surface area contributed by atoms with Gasteiger partial charge in [-0.2, -0.15) is 0 Å². The van der Waals surface area contributed by atoms with Gasteiger partial charge in [0.15, 0.2) is 0 Å². The van der Waals surface area contributed by atoms with E-state index in [1.807, 2.05) is 0 Å². The first-order valence-corrected chi connectivity index (χ1v) is 8.58. The van der Waals surface area contributed by atoms with Crippen LogP contribution in [-0.2, 0) is 0 Å². The summed E-state index contributed by atoms with van der Waals surface area (Å²) in [6.45, 7) is 6.93. The summed E-state index contributed by atoms with van der Waals surface area (Å²) in [4.78, 5) is 5.00. The largest absolute Gasteiger partial charge is 0.371 e. The Morgan fingerprint density at radius 3 is 2.76 bits per heavy atom. The van der Waals surface area contributed by atoms with E-state index in [-0.39, 0.29) is 0 Å². The van der Waals surface area contributed by atoms with Gasteiger partial charge in [-0.25, -0.2) is 0 Å². The van der Waals surface area contributed by atoms with Crippen LogP contribution in [0.3, 0.4) is 0 Å². The Kier molecular flexibility index (Phi) is 4.69. The Morgan fingerprint density at radius 1 is 1.14 bits per heavy atom. The summed E-state index contributed by atoms with van der Waals surface area (Å²) < 4.78 is 0. The molecule has 3 nitrogen and oxygen atoms in total. The molecule has 2 unspecified atom stereocenters. The minimum atomic E-state index is 0.733. The molecule has 21 heavy (non-hydrogen) atoms. The molecule has 116 valence electrons. The van der Waals surface area contributed by atoms with E-state index in [0.29, 0.717) is 0 Å². The van der Waals surface area contributed by atoms with Crippen LogP contribution in [0.15, 0.2) is 24.3 Å². The zero-order valence-corrected chi connectivity index (χ0v) is 13.5. The molecule has 1 aliphatic heterocycles. The summed E-state index contributed by atoms with van der Waals surface area (Å²) >= 11 is 0. The van der Waals surface area contributed by atoms with Crippen molar-refractivity contribution >= 4 is 11.4 Å². The van der Waals surface area contributed by atoms with Crippen molar-refractivity contribution in [3.63, 3.8) is 0 Å². The first kappa shape index (κ1) is 14.7. The van der Waals surface area contributed by atoms with Gasteiger partial charge in [0.2, 0.25) is 0 Å². The van der Waals surface area contributed by atoms with Crippen molar-refractivity contribution in [2.24, 2.45) is 5.92 Å². The number of hydrogen-bond donors (Lipinski definition) is 1. The quantitative estimate of drug-likeness (QED) is 0.897. The lowest BCUT2D eigenvalue weighted by Crippen LogP contribution is -2.45. The van der Waals surface area contributed by atoms with Crippen molar-refractivity contribution in [3.8, 4) is 0 Å². The second-order valence-corrected chi connectivity index (χ2v) is 6.61. The maximum Gasteiger partial charge on any atom is 0.0604 e. The van der Waals surface area contributed by atoms with E-state index < -0.39 is 0 Å². The van der Waals surface area contributed by atoms with Crippen LogP contribution < -0.4 is 15.1 Å². The molecule has 1 aliphatic carbocycles. The van der Waals surface area contributed by atoms with Gasteiger partial charge in [0.05, 0.1) is 11.4 Å². The third kappa shape index (κ3) is 3.18. The van der Waals surface area contributed by atoms with Gasteiger partial charge in [-0.3, -0.25) is 0 Å². The predicted octanol–water partition coefficient (Wildman–Crippen LogP) is 3.11. The van der Waals surface area contributed by atoms with E-state index in [1.54, 1.807) is 0 Å². The summed E-state index contributed by atoms with van der Waals surface area (Å²) in [7, 11) is 2.21. The van der Waals surface area contributed by atoms with Crippen LogP contribution in [0.2, 0.25) is 0 Å². The third-order valence-corrected chi connectivity index (χ3v) is 5.11. The molecule has 0 amide bonds. The minimum absolute atomic E-state index is 0.733. The maximum atomic E-state index is 3.77. The number of fused-ring (bicyclic) bond motifs is 1. The molecule has 1 aromatic carbocycles. The number of nitrogens with one attached hydrogen (secondary N) is 1. The SMILES string of the molecule is CCCNC1CCCC1CN1CCN(C)c2ccccc21. The van der Waals surface area contributed by atoms with Gasteiger partial charge in [0, 0.05) is 32.7 Å². The molecule has 1 aromatic rings. The van der Waals surface area contributed by atoms with E-state index in [9.17, 15) is 0 Å². The van der Waals surface area contributed by atoms with Gasteiger partial charge in [-0.15, -0.1) is 0 Å². The molecule has 0 saturated heterocycles. The predicted molar refractivity (Wildman–Crippen MR) is 91.3 cm³/mol. The number of anilines is 2. The molecule has 1 fully saturated rings. The maximum absolute atomic E-state index is 3.77. The fourth-order valence-corrected chi connectivity index (χ4v) is 3.89. The van der Waals surface area contributed by atoms with Gasteiger partial charge >= 0.3 is 0 Å². The van der Waals surface area contributed by atoms with Gasteiger partial charge in [0.25, 0.3) is 0 Å². The fraction of sp³-hybridized carbons (Fsp3) is 0.667. The molecule has 0 radical (unpaired) electrons. The normalized spacial score (nSPS) is 25.2. The average molecular weight is 287 g/mol. The smallest absolute Gasteiger partial charge is 0.0604 e.